The Labute approximate surface area is 149 Å². The standard InChI is InChI=1S/C19H14N2O3S/c1-23-17-4-2-3-15(9-17)18-21-16(12-25-18)11-24-19(22)14-7-5-13(10-20)6-8-14/h2-9,12H,11H2,1H3. The molecular weight excluding hydrogens is 336 g/mol. The van der Waals surface area contributed by atoms with Crippen molar-refractivity contribution in [2.24, 2.45) is 0 Å². The molecule has 0 aliphatic heterocycles. The van der Waals surface area contributed by atoms with E-state index < -0.39 is 5.97 Å². The topological polar surface area (TPSA) is 72.2 Å². The summed E-state index contributed by atoms with van der Waals surface area (Å²) in [6.45, 7) is 0.0965. The van der Waals surface area contributed by atoms with E-state index in [1.165, 1.54) is 11.3 Å². The summed E-state index contributed by atoms with van der Waals surface area (Å²) in [5.41, 5.74) is 2.54. The fourth-order valence-corrected chi connectivity index (χ4v) is 2.97. The van der Waals surface area contributed by atoms with Gasteiger partial charge in [-0.05, 0) is 36.4 Å². The number of carbonyl (C=O) groups excluding carboxylic acids is 1. The molecule has 0 saturated heterocycles. The second-order valence-corrected chi connectivity index (χ2v) is 6.00. The van der Waals surface area contributed by atoms with Crippen LogP contribution in [0.3, 0.4) is 0 Å². The van der Waals surface area contributed by atoms with Crippen LogP contribution in [-0.4, -0.2) is 18.1 Å². The van der Waals surface area contributed by atoms with E-state index in [0.717, 1.165) is 16.3 Å². The number of aromatic nitrogens is 1. The third-order valence-corrected chi connectivity index (χ3v) is 4.41. The molecule has 3 aromatic rings. The molecule has 0 bridgehead atoms. The number of nitrogens with zero attached hydrogens (tertiary/aromatic N) is 2. The molecule has 0 atom stereocenters. The van der Waals surface area contributed by atoms with Crippen molar-refractivity contribution in [1.29, 1.82) is 5.26 Å². The van der Waals surface area contributed by atoms with Crippen molar-refractivity contribution in [1.82, 2.24) is 4.98 Å². The largest absolute Gasteiger partial charge is 0.497 e. The molecule has 124 valence electrons. The van der Waals surface area contributed by atoms with E-state index >= 15 is 0 Å². The highest BCUT2D eigenvalue weighted by atomic mass is 32.1. The molecule has 0 aliphatic carbocycles. The van der Waals surface area contributed by atoms with Gasteiger partial charge < -0.3 is 9.47 Å². The van der Waals surface area contributed by atoms with Crippen LogP contribution in [0.1, 0.15) is 21.6 Å². The minimum atomic E-state index is -0.444. The Hall–Kier alpha value is -3.17. The number of thiazole rings is 1. The number of nitriles is 1. The van der Waals surface area contributed by atoms with Crippen molar-refractivity contribution < 1.29 is 14.3 Å². The van der Waals surface area contributed by atoms with Gasteiger partial charge in [-0.25, -0.2) is 9.78 Å². The van der Waals surface area contributed by atoms with Gasteiger partial charge in [0.15, 0.2) is 0 Å². The normalized spacial score (nSPS) is 10.1. The summed E-state index contributed by atoms with van der Waals surface area (Å²) < 4.78 is 10.5. The molecule has 0 N–H and O–H groups in total. The fourth-order valence-electron chi connectivity index (χ4n) is 2.17. The highest BCUT2D eigenvalue weighted by molar-refractivity contribution is 7.13. The lowest BCUT2D eigenvalue weighted by Gasteiger charge is -2.03. The van der Waals surface area contributed by atoms with Gasteiger partial charge in [0.1, 0.15) is 17.4 Å². The van der Waals surface area contributed by atoms with Crippen molar-refractivity contribution in [3.05, 3.63) is 70.7 Å². The van der Waals surface area contributed by atoms with Gasteiger partial charge in [0.25, 0.3) is 0 Å². The van der Waals surface area contributed by atoms with E-state index in [9.17, 15) is 4.79 Å². The first-order chi connectivity index (χ1) is 12.2. The van der Waals surface area contributed by atoms with Gasteiger partial charge >= 0.3 is 5.97 Å². The number of benzene rings is 2. The van der Waals surface area contributed by atoms with Crippen LogP contribution in [0.4, 0.5) is 0 Å². The maximum Gasteiger partial charge on any atom is 0.338 e. The fraction of sp³-hybridized carbons (Fsp3) is 0.105. The third kappa shape index (κ3) is 4.03. The Kier molecular flexibility index (Phi) is 5.07. The number of hydrogen-bond acceptors (Lipinski definition) is 6. The highest BCUT2D eigenvalue weighted by Gasteiger charge is 2.10. The van der Waals surface area contributed by atoms with Crippen molar-refractivity contribution in [2.75, 3.05) is 7.11 Å². The van der Waals surface area contributed by atoms with Crippen molar-refractivity contribution in [3.63, 3.8) is 0 Å². The zero-order chi connectivity index (χ0) is 17.6. The maximum absolute atomic E-state index is 12.0. The van der Waals surface area contributed by atoms with Gasteiger partial charge in [-0.1, -0.05) is 12.1 Å². The van der Waals surface area contributed by atoms with E-state index in [4.69, 9.17) is 14.7 Å². The van der Waals surface area contributed by atoms with Crippen molar-refractivity contribution >= 4 is 17.3 Å². The first-order valence-corrected chi connectivity index (χ1v) is 8.33. The lowest BCUT2D eigenvalue weighted by molar-refractivity contribution is 0.0468. The second kappa shape index (κ2) is 7.60. The van der Waals surface area contributed by atoms with Crippen LogP contribution in [0.2, 0.25) is 0 Å². The second-order valence-electron chi connectivity index (χ2n) is 5.14. The van der Waals surface area contributed by atoms with Gasteiger partial charge in [0, 0.05) is 10.9 Å². The number of hydrogen-bond donors (Lipinski definition) is 0. The summed E-state index contributed by atoms with van der Waals surface area (Å²) >= 11 is 1.48. The number of carbonyl (C=O) groups is 1. The Morgan fingerprint density at radius 2 is 2.04 bits per heavy atom. The average Bonchev–Trinajstić information content (AvgIpc) is 3.15. The number of ether oxygens (including phenoxy) is 2. The van der Waals surface area contributed by atoms with Gasteiger partial charge in [-0.15, -0.1) is 11.3 Å². The molecule has 3 rings (SSSR count). The molecule has 0 radical (unpaired) electrons. The Morgan fingerprint density at radius 1 is 1.24 bits per heavy atom. The smallest absolute Gasteiger partial charge is 0.338 e. The Bertz CT molecular complexity index is 926. The molecule has 0 fully saturated rings. The summed E-state index contributed by atoms with van der Waals surface area (Å²) in [5.74, 6) is 0.321. The SMILES string of the molecule is COc1cccc(-c2nc(COC(=O)c3ccc(C#N)cc3)cs2)c1. The van der Waals surface area contributed by atoms with E-state index in [2.05, 4.69) is 4.98 Å². The summed E-state index contributed by atoms with van der Waals surface area (Å²) in [6, 6.07) is 16.0. The molecule has 5 nitrogen and oxygen atoms in total. The molecule has 0 aliphatic rings. The van der Waals surface area contributed by atoms with E-state index in [-0.39, 0.29) is 6.61 Å². The predicted octanol–water partition coefficient (Wildman–Crippen LogP) is 4.05. The van der Waals surface area contributed by atoms with E-state index in [1.54, 1.807) is 31.4 Å². The van der Waals surface area contributed by atoms with Crippen LogP contribution < -0.4 is 4.74 Å². The first kappa shape index (κ1) is 16.7. The zero-order valence-corrected chi connectivity index (χ0v) is 14.2. The van der Waals surface area contributed by atoms with Gasteiger partial charge in [-0.3, -0.25) is 0 Å². The van der Waals surface area contributed by atoms with Crippen LogP contribution in [0.25, 0.3) is 10.6 Å². The summed E-state index contributed by atoms with van der Waals surface area (Å²) in [7, 11) is 1.62. The van der Waals surface area contributed by atoms with Gasteiger partial charge in [0.2, 0.25) is 0 Å². The summed E-state index contributed by atoms with van der Waals surface area (Å²) in [6.07, 6.45) is 0. The first-order valence-electron chi connectivity index (χ1n) is 7.45. The Balaban J connectivity index is 1.65. The molecule has 0 spiro atoms. The lowest BCUT2D eigenvalue weighted by Crippen LogP contribution is -2.05. The Morgan fingerprint density at radius 3 is 2.76 bits per heavy atom. The molecule has 0 saturated carbocycles. The van der Waals surface area contributed by atoms with Crippen LogP contribution in [-0.2, 0) is 11.3 Å². The summed E-state index contributed by atoms with van der Waals surface area (Å²) in [5, 5.41) is 11.5. The number of rotatable bonds is 5. The van der Waals surface area contributed by atoms with Crippen molar-refractivity contribution in [2.45, 2.75) is 6.61 Å². The quantitative estimate of drug-likeness (QED) is 0.649. The monoisotopic (exact) mass is 350 g/mol. The average molecular weight is 350 g/mol. The molecule has 0 amide bonds. The molecular formula is C19H14N2O3S. The van der Waals surface area contributed by atoms with Crippen LogP contribution >= 0.6 is 11.3 Å². The minimum Gasteiger partial charge on any atom is -0.497 e. The number of methoxy groups -OCH3 is 1. The molecule has 0 unspecified atom stereocenters. The highest BCUT2D eigenvalue weighted by Crippen LogP contribution is 2.27. The van der Waals surface area contributed by atoms with E-state index in [0.29, 0.717) is 16.8 Å². The van der Waals surface area contributed by atoms with Crippen molar-refractivity contribution in [3.8, 4) is 22.4 Å². The molecule has 25 heavy (non-hydrogen) atoms. The number of esters is 1. The van der Waals surface area contributed by atoms with E-state index in [1.807, 2.05) is 35.7 Å². The molecule has 2 aromatic carbocycles. The predicted molar refractivity (Wildman–Crippen MR) is 94.4 cm³/mol. The lowest BCUT2D eigenvalue weighted by atomic mass is 10.1. The maximum atomic E-state index is 12.0. The molecule has 1 heterocycles. The van der Waals surface area contributed by atoms with Crippen LogP contribution in [0, 0.1) is 11.3 Å². The van der Waals surface area contributed by atoms with Gasteiger partial charge in [-0.2, -0.15) is 5.26 Å². The minimum absolute atomic E-state index is 0.0965. The molecule has 6 heteroatoms. The van der Waals surface area contributed by atoms with Gasteiger partial charge in [0.05, 0.1) is 30.0 Å². The van der Waals surface area contributed by atoms with Crippen LogP contribution in [0.5, 0.6) is 5.75 Å². The van der Waals surface area contributed by atoms with Crippen LogP contribution in [0.15, 0.2) is 53.9 Å². The summed E-state index contributed by atoms with van der Waals surface area (Å²) in [4.78, 5) is 16.5. The zero-order valence-electron chi connectivity index (χ0n) is 13.4. The molecule has 1 aromatic heterocycles. The third-order valence-electron chi connectivity index (χ3n) is 3.47.